The van der Waals surface area contributed by atoms with E-state index in [9.17, 15) is 4.79 Å². The highest BCUT2D eigenvalue weighted by Crippen LogP contribution is 2.34. The van der Waals surface area contributed by atoms with E-state index in [2.05, 4.69) is 4.37 Å². The number of rotatable bonds is 2. The number of hydrogen-bond acceptors (Lipinski definition) is 4. The zero-order valence-corrected chi connectivity index (χ0v) is 10.6. The first kappa shape index (κ1) is 12.2. The van der Waals surface area contributed by atoms with Gasteiger partial charge in [0.2, 0.25) is 0 Å². The van der Waals surface area contributed by atoms with Gasteiger partial charge in [0.25, 0.3) is 0 Å². The number of carboxylic acid groups (broad SMARTS) is 1. The van der Waals surface area contributed by atoms with Gasteiger partial charge in [0.15, 0.2) is 4.88 Å². The number of hydrogen-bond donors (Lipinski definition) is 2. The van der Waals surface area contributed by atoms with E-state index in [1.165, 1.54) is 0 Å². The summed E-state index contributed by atoms with van der Waals surface area (Å²) in [7, 11) is 0. The molecule has 0 aliphatic heterocycles. The molecule has 0 bridgehead atoms. The Morgan fingerprint density at radius 2 is 2.06 bits per heavy atom. The number of carbonyl (C=O) groups is 1. The first-order valence-electron chi connectivity index (χ1n) is 4.44. The molecular weight excluding hydrogens is 283 g/mol. The third-order valence-corrected chi connectivity index (χ3v) is 3.71. The van der Waals surface area contributed by atoms with Crippen LogP contribution < -0.4 is 5.73 Å². The summed E-state index contributed by atoms with van der Waals surface area (Å²) in [6.07, 6.45) is 0. The van der Waals surface area contributed by atoms with Crippen molar-refractivity contribution in [3.05, 3.63) is 33.1 Å². The number of aromatic nitrogens is 1. The molecule has 0 radical (unpaired) electrons. The smallest absolute Gasteiger partial charge is 0.349 e. The number of anilines is 1. The van der Waals surface area contributed by atoms with Gasteiger partial charge < -0.3 is 10.8 Å². The van der Waals surface area contributed by atoms with Crippen molar-refractivity contribution in [1.29, 1.82) is 0 Å². The molecule has 3 N–H and O–H groups in total. The average molecular weight is 289 g/mol. The second kappa shape index (κ2) is 4.52. The molecule has 0 saturated heterocycles. The maximum absolute atomic E-state index is 10.8. The molecule has 88 valence electrons. The van der Waals surface area contributed by atoms with Gasteiger partial charge >= 0.3 is 5.97 Å². The molecule has 2 rings (SSSR count). The van der Waals surface area contributed by atoms with Crippen molar-refractivity contribution in [1.82, 2.24) is 4.37 Å². The molecule has 4 nitrogen and oxygen atoms in total. The standard InChI is InChI=1S/C10H6Cl2N2O2S/c11-5-2-1-4(3-6(5)12)8-7(13)9(10(15)16)17-14-8/h1-3H,13H2,(H,15,16). The number of halogens is 2. The van der Waals surface area contributed by atoms with Crippen molar-refractivity contribution in [3.63, 3.8) is 0 Å². The van der Waals surface area contributed by atoms with Crippen LogP contribution in [0.25, 0.3) is 11.3 Å². The van der Waals surface area contributed by atoms with Crippen LogP contribution in [0.3, 0.4) is 0 Å². The molecule has 1 heterocycles. The van der Waals surface area contributed by atoms with Crippen molar-refractivity contribution in [2.24, 2.45) is 0 Å². The molecule has 7 heteroatoms. The fraction of sp³-hybridized carbons (Fsp3) is 0. The number of nitrogens with two attached hydrogens (primary N) is 1. The highest BCUT2D eigenvalue weighted by Gasteiger charge is 2.18. The Kier molecular flexibility index (Phi) is 3.24. The first-order valence-corrected chi connectivity index (χ1v) is 5.97. The molecule has 1 aromatic carbocycles. The van der Waals surface area contributed by atoms with Gasteiger partial charge in [-0.1, -0.05) is 29.3 Å². The Balaban J connectivity index is 2.53. The van der Waals surface area contributed by atoms with Crippen molar-refractivity contribution in [3.8, 4) is 11.3 Å². The van der Waals surface area contributed by atoms with Gasteiger partial charge in [0.05, 0.1) is 15.7 Å². The largest absolute Gasteiger partial charge is 0.477 e. The Labute approximate surface area is 111 Å². The third-order valence-electron chi connectivity index (χ3n) is 2.12. The summed E-state index contributed by atoms with van der Waals surface area (Å²) in [5.41, 5.74) is 6.90. The molecule has 17 heavy (non-hydrogen) atoms. The summed E-state index contributed by atoms with van der Waals surface area (Å²) in [4.78, 5) is 10.9. The molecule has 0 amide bonds. The van der Waals surface area contributed by atoms with Crippen LogP contribution in [0.5, 0.6) is 0 Å². The lowest BCUT2D eigenvalue weighted by atomic mass is 10.1. The van der Waals surface area contributed by atoms with E-state index in [4.69, 9.17) is 34.0 Å². The Morgan fingerprint density at radius 1 is 1.35 bits per heavy atom. The fourth-order valence-electron chi connectivity index (χ4n) is 1.30. The SMILES string of the molecule is Nc1c(-c2ccc(Cl)c(Cl)c2)nsc1C(=O)O. The molecule has 0 unspecified atom stereocenters. The minimum absolute atomic E-state index is 0.0195. The van der Waals surface area contributed by atoms with Gasteiger partial charge in [-0.2, -0.15) is 4.37 Å². The fourth-order valence-corrected chi connectivity index (χ4v) is 2.26. The topological polar surface area (TPSA) is 76.2 Å². The predicted molar refractivity (Wildman–Crippen MR) is 68.9 cm³/mol. The number of nitrogen functional groups attached to an aromatic ring is 1. The van der Waals surface area contributed by atoms with Gasteiger partial charge in [0, 0.05) is 5.56 Å². The van der Waals surface area contributed by atoms with E-state index in [-0.39, 0.29) is 10.6 Å². The van der Waals surface area contributed by atoms with Crippen molar-refractivity contribution in [2.45, 2.75) is 0 Å². The predicted octanol–water partition coefficient (Wildman–Crippen LogP) is 3.40. The van der Waals surface area contributed by atoms with Crippen LogP contribution in [0.4, 0.5) is 5.69 Å². The van der Waals surface area contributed by atoms with E-state index in [0.717, 1.165) is 11.5 Å². The molecule has 0 fully saturated rings. The first-order chi connectivity index (χ1) is 8.00. The lowest BCUT2D eigenvalue weighted by molar-refractivity contribution is 0.0703. The molecule has 0 saturated carbocycles. The van der Waals surface area contributed by atoms with Crippen LogP contribution in [0.2, 0.25) is 10.0 Å². The van der Waals surface area contributed by atoms with Crippen LogP contribution in [-0.4, -0.2) is 15.4 Å². The normalized spacial score (nSPS) is 10.5. The van der Waals surface area contributed by atoms with E-state index < -0.39 is 5.97 Å². The van der Waals surface area contributed by atoms with E-state index >= 15 is 0 Å². The van der Waals surface area contributed by atoms with E-state index in [1.54, 1.807) is 18.2 Å². The second-order valence-electron chi connectivity index (χ2n) is 3.21. The van der Waals surface area contributed by atoms with Crippen LogP contribution in [0.1, 0.15) is 9.67 Å². The molecule has 0 atom stereocenters. The second-order valence-corrected chi connectivity index (χ2v) is 4.80. The van der Waals surface area contributed by atoms with E-state index in [0.29, 0.717) is 21.3 Å². The quantitative estimate of drug-likeness (QED) is 0.888. The molecule has 0 spiro atoms. The number of benzene rings is 1. The summed E-state index contributed by atoms with van der Waals surface area (Å²) in [5, 5.41) is 9.66. The van der Waals surface area contributed by atoms with Crippen molar-refractivity contribution >= 4 is 46.4 Å². The maximum atomic E-state index is 10.8. The van der Waals surface area contributed by atoms with Gasteiger partial charge in [-0.25, -0.2) is 4.79 Å². The molecular formula is C10H6Cl2N2O2S. The lowest BCUT2D eigenvalue weighted by Crippen LogP contribution is -1.98. The summed E-state index contributed by atoms with van der Waals surface area (Å²) in [5.74, 6) is -1.09. The van der Waals surface area contributed by atoms with Gasteiger partial charge in [-0.3, -0.25) is 0 Å². The summed E-state index contributed by atoms with van der Waals surface area (Å²) < 4.78 is 4.01. The van der Waals surface area contributed by atoms with E-state index in [1.807, 2.05) is 0 Å². The van der Waals surface area contributed by atoms with Crippen LogP contribution >= 0.6 is 34.7 Å². The minimum Gasteiger partial charge on any atom is -0.477 e. The highest BCUT2D eigenvalue weighted by atomic mass is 35.5. The van der Waals surface area contributed by atoms with Gasteiger partial charge in [-0.15, -0.1) is 0 Å². The van der Waals surface area contributed by atoms with Gasteiger partial charge in [-0.05, 0) is 23.7 Å². The number of carboxylic acids is 1. The number of aromatic carboxylic acids is 1. The number of nitrogens with zero attached hydrogens (tertiary/aromatic N) is 1. The molecule has 0 aliphatic carbocycles. The summed E-state index contributed by atoms with van der Waals surface area (Å²) >= 11 is 12.5. The summed E-state index contributed by atoms with van der Waals surface area (Å²) in [6, 6.07) is 4.89. The van der Waals surface area contributed by atoms with Crippen LogP contribution in [0, 0.1) is 0 Å². The molecule has 0 aliphatic rings. The monoisotopic (exact) mass is 288 g/mol. The van der Waals surface area contributed by atoms with Crippen LogP contribution in [-0.2, 0) is 0 Å². The zero-order valence-electron chi connectivity index (χ0n) is 8.28. The van der Waals surface area contributed by atoms with Crippen molar-refractivity contribution in [2.75, 3.05) is 5.73 Å². The lowest BCUT2D eigenvalue weighted by Gasteiger charge is -2.01. The van der Waals surface area contributed by atoms with Gasteiger partial charge in [0.1, 0.15) is 5.69 Å². The van der Waals surface area contributed by atoms with Crippen LogP contribution in [0.15, 0.2) is 18.2 Å². The Morgan fingerprint density at radius 3 is 2.59 bits per heavy atom. The minimum atomic E-state index is -1.09. The summed E-state index contributed by atoms with van der Waals surface area (Å²) in [6.45, 7) is 0. The Bertz CT molecular complexity index is 598. The molecule has 1 aromatic heterocycles. The zero-order chi connectivity index (χ0) is 12.6. The molecule has 2 aromatic rings. The maximum Gasteiger partial charge on any atom is 0.349 e. The van der Waals surface area contributed by atoms with Crippen molar-refractivity contribution < 1.29 is 9.90 Å². The average Bonchev–Trinajstić information content (AvgIpc) is 2.64. The Hall–Kier alpha value is -1.30. The highest BCUT2D eigenvalue weighted by molar-refractivity contribution is 7.09. The third kappa shape index (κ3) is 2.22.